The lowest BCUT2D eigenvalue weighted by molar-refractivity contribution is 0.132. The van der Waals surface area contributed by atoms with Crippen LogP contribution in [0.5, 0.6) is 17.5 Å². The van der Waals surface area contributed by atoms with Crippen LogP contribution in [0.2, 0.25) is 5.02 Å². The van der Waals surface area contributed by atoms with Gasteiger partial charge in [0, 0.05) is 12.1 Å². The second-order valence-corrected chi connectivity index (χ2v) is 8.85. The van der Waals surface area contributed by atoms with Gasteiger partial charge in [0.25, 0.3) is 0 Å². The maximum Gasteiger partial charge on any atom is 0.316 e. The highest BCUT2D eigenvalue weighted by Crippen LogP contribution is 2.32. The van der Waals surface area contributed by atoms with Crippen molar-refractivity contribution in [1.29, 1.82) is 0 Å². The Labute approximate surface area is 168 Å². The van der Waals surface area contributed by atoms with Gasteiger partial charge in [-0.1, -0.05) is 11.6 Å². The van der Waals surface area contributed by atoms with Gasteiger partial charge < -0.3 is 14.2 Å². The predicted molar refractivity (Wildman–Crippen MR) is 101 cm³/mol. The third-order valence-corrected chi connectivity index (χ3v) is 6.40. The summed E-state index contributed by atoms with van der Waals surface area (Å²) in [4.78, 5) is 8.22. The van der Waals surface area contributed by atoms with Gasteiger partial charge in [-0.25, -0.2) is 23.1 Å². The second kappa shape index (κ2) is 8.10. The van der Waals surface area contributed by atoms with Crippen LogP contribution in [0.3, 0.4) is 0 Å². The molecule has 1 N–H and O–H groups in total. The number of nitrogens with zero attached hydrogens (tertiary/aromatic N) is 2. The number of rotatable bonds is 5. The Kier molecular flexibility index (Phi) is 5.56. The molecule has 1 saturated carbocycles. The monoisotopic (exact) mass is 425 g/mol. The van der Waals surface area contributed by atoms with E-state index in [1.165, 1.54) is 24.5 Å². The molecular weight excluding hydrogens is 406 g/mol. The van der Waals surface area contributed by atoms with Crippen LogP contribution in [-0.4, -0.2) is 43.7 Å². The minimum Gasteiger partial charge on any atom is -0.486 e. The molecule has 1 aliphatic carbocycles. The Bertz CT molecular complexity index is 931. The first-order valence-electron chi connectivity index (χ1n) is 9.06. The summed E-state index contributed by atoms with van der Waals surface area (Å²) in [6, 6.07) is 4.79. The average Bonchev–Trinajstić information content (AvgIpc) is 2.70. The summed E-state index contributed by atoms with van der Waals surface area (Å²) in [5.74, 6) is 1.02. The Hall–Kier alpha value is -2.10. The van der Waals surface area contributed by atoms with E-state index in [9.17, 15) is 8.42 Å². The van der Waals surface area contributed by atoms with E-state index in [4.69, 9.17) is 25.8 Å². The van der Waals surface area contributed by atoms with Gasteiger partial charge >= 0.3 is 6.01 Å². The molecule has 1 aliphatic heterocycles. The zero-order valence-corrected chi connectivity index (χ0v) is 16.6. The number of benzene rings is 1. The van der Waals surface area contributed by atoms with E-state index in [1.807, 2.05) is 0 Å². The minimum absolute atomic E-state index is 0.0452. The van der Waals surface area contributed by atoms with Crippen molar-refractivity contribution in [2.75, 3.05) is 13.2 Å². The third kappa shape index (κ3) is 4.48. The van der Waals surface area contributed by atoms with E-state index in [0.717, 1.165) is 0 Å². The quantitative estimate of drug-likeness (QED) is 0.785. The normalized spacial score (nSPS) is 21.9. The van der Waals surface area contributed by atoms with E-state index in [1.54, 1.807) is 6.07 Å². The first-order valence-corrected chi connectivity index (χ1v) is 10.9. The molecule has 0 radical (unpaired) electrons. The molecule has 0 saturated heterocycles. The molecule has 1 fully saturated rings. The van der Waals surface area contributed by atoms with Gasteiger partial charge in [0.05, 0.1) is 22.3 Å². The molecule has 0 spiro atoms. The zero-order valence-electron chi connectivity index (χ0n) is 15.0. The van der Waals surface area contributed by atoms with E-state index in [-0.39, 0.29) is 23.1 Å². The molecule has 10 heteroatoms. The Morgan fingerprint density at radius 1 is 1.04 bits per heavy atom. The van der Waals surface area contributed by atoms with E-state index >= 15 is 0 Å². The molecule has 0 bridgehead atoms. The molecule has 0 atom stereocenters. The summed E-state index contributed by atoms with van der Waals surface area (Å²) in [6.45, 7) is 0.870. The molecule has 2 heterocycles. The van der Waals surface area contributed by atoms with Crippen LogP contribution < -0.4 is 18.9 Å². The van der Waals surface area contributed by atoms with Crippen LogP contribution in [0.4, 0.5) is 0 Å². The highest BCUT2D eigenvalue weighted by molar-refractivity contribution is 7.89. The van der Waals surface area contributed by atoms with E-state index < -0.39 is 10.0 Å². The lowest BCUT2D eigenvalue weighted by Gasteiger charge is -2.28. The van der Waals surface area contributed by atoms with Crippen LogP contribution in [-0.2, 0) is 10.0 Å². The van der Waals surface area contributed by atoms with Crippen molar-refractivity contribution in [2.24, 2.45) is 0 Å². The van der Waals surface area contributed by atoms with Gasteiger partial charge in [0.2, 0.25) is 10.0 Å². The number of sulfonamides is 1. The molecule has 1 aromatic carbocycles. The minimum atomic E-state index is -3.64. The molecule has 0 amide bonds. The molecule has 4 rings (SSSR count). The van der Waals surface area contributed by atoms with Crippen molar-refractivity contribution in [1.82, 2.24) is 14.7 Å². The molecule has 28 heavy (non-hydrogen) atoms. The Morgan fingerprint density at radius 2 is 1.71 bits per heavy atom. The number of fused-ring (bicyclic) bond motifs is 1. The molecule has 1 aromatic heterocycles. The van der Waals surface area contributed by atoms with Gasteiger partial charge in [0.15, 0.2) is 11.5 Å². The van der Waals surface area contributed by atoms with Crippen LogP contribution in [0.25, 0.3) is 0 Å². The van der Waals surface area contributed by atoms with Gasteiger partial charge in [-0.2, -0.15) is 0 Å². The van der Waals surface area contributed by atoms with Crippen molar-refractivity contribution in [3.63, 3.8) is 0 Å². The third-order valence-electron chi connectivity index (χ3n) is 4.69. The highest BCUT2D eigenvalue weighted by Gasteiger charge is 2.28. The van der Waals surface area contributed by atoms with Gasteiger partial charge in [-0.05, 0) is 37.8 Å². The lowest BCUT2D eigenvalue weighted by atomic mass is 9.94. The lowest BCUT2D eigenvalue weighted by Crippen LogP contribution is -2.39. The van der Waals surface area contributed by atoms with Crippen molar-refractivity contribution in [2.45, 2.75) is 42.7 Å². The summed E-state index contributed by atoms with van der Waals surface area (Å²) in [5, 5.41) is 0.449. The number of aromatic nitrogens is 2. The second-order valence-electron chi connectivity index (χ2n) is 6.70. The van der Waals surface area contributed by atoms with Crippen molar-refractivity contribution < 1.29 is 22.6 Å². The fourth-order valence-electron chi connectivity index (χ4n) is 3.29. The number of ether oxygens (including phenoxy) is 3. The summed E-state index contributed by atoms with van der Waals surface area (Å²) in [6.07, 6.45) is 5.68. The molecule has 8 nitrogen and oxygen atoms in total. The number of nitrogens with one attached hydrogen (secondary N) is 1. The number of halogens is 1. The van der Waals surface area contributed by atoms with Crippen molar-refractivity contribution in [3.8, 4) is 17.5 Å². The van der Waals surface area contributed by atoms with Crippen LogP contribution in [0.15, 0.2) is 35.5 Å². The van der Waals surface area contributed by atoms with Gasteiger partial charge in [0.1, 0.15) is 19.3 Å². The smallest absolute Gasteiger partial charge is 0.316 e. The van der Waals surface area contributed by atoms with Gasteiger partial charge in [-0.15, -0.1) is 0 Å². The summed E-state index contributed by atoms with van der Waals surface area (Å²) in [7, 11) is -3.64. The molecular formula is C18H20ClN3O5S. The fourth-order valence-corrected chi connectivity index (χ4v) is 4.70. The molecule has 2 aliphatic rings. The van der Waals surface area contributed by atoms with Crippen LogP contribution in [0, 0.1) is 0 Å². The van der Waals surface area contributed by atoms with Crippen molar-refractivity contribution in [3.05, 3.63) is 35.6 Å². The first-order chi connectivity index (χ1) is 13.5. The van der Waals surface area contributed by atoms with E-state index in [0.29, 0.717) is 55.4 Å². The zero-order chi connectivity index (χ0) is 19.6. The maximum absolute atomic E-state index is 12.7. The fraction of sp³-hybridized carbons (Fsp3) is 0.444. The highest BCUT2D eigenvalue weighted by atomic mass is 35.5. The summed E-state index contributed by atoms with van der Waals surface area (Å²) < 4.78 is 44.9. The molecule has 0 unspecified atom stereocenters. The Balaban J connectivity index is 1.34. The number of hydrogen-bond acceptors (Lipinski definition) is 7. The topological polar surface area (TPSA) is 99.6 Å². The average molecular weight is 426 g/mol. The summed E-state index contributed by atoms with van der Waals surface area (Å²) in [5.41, 5.74) is 0. The Morgan fingerprint density at radius 3 is 2.43 bits per heavy atom. The van der Waals surface area contributed by atoms with E-state index in [2.05, 4.69) is 14.7 Å². The predicted octanol–water partition coefficient (Wildman–Crippen LogP) is 2.57. The van der Waals surface area contributed by atoms with Crippen molar-refractivity contribution >= 4 is 21.6 Å². The molecule has 150 valence electrons. The van der Waals surface area contributed by atoms with Crippen LogP contribution >= 0.6 is 11.6 Å². The standard InChI is InChI=1S/C18H20ClN3O5S/c19-12-10-20-18(21-11-12)27-14-3-1-13(2-4-14)22-28(23,24)15-5-6-16-17(9-15)26-8-7-25-16/h5-6,9-11,13-14,22H,1-4,7-8H2. The SMILES string of the molecule is O=S(=O)(NC1CCC(Oc2ncc(Cl)cn2)CC1)c1ccc2c(c1)OCCO2. The van der Waals surface area contributed by atoms with Crippen LogP contribution in [0.1, 0.15) is 25.7 Å². The molecule has 2 aromatic rings. The maximum atomic E-state index is 12.7. The number of hydrogen-bond donors (Lipinski definition) is 1. The first kappa shape index (κ1) is 19.2. The summed E-state index contributed by atoms with van der Waals surface area (Å²) >= 11 is 5.76. The van der Waals surface area contributed by atoms with Gasteiger partial charge in [-0.3, -0.25) is 0 Å². The largest absolute Gasteiger partial charge is 0.486 e.